The van der Waals surface area contributed by atoms with Crippen LogP contribution in [-0.4, -0.2) is 50.3 Å². The maximum atomic E-state index is 14.0. The minimum atomic E-state index is -1.68. The summed E-state index contributed by atoms with van der Waals surface area (Å²) in [6.07, 6.45) is 0.0652. The quantitative estimate of drug-likeness (QED) is 0.100. The summed E-state index contributed by atoms with van der Waals surface area (Å²) >= 11 is 0. The van der Waals surface area contributed by atoms with Crippen LogP contribution in [0.2, 0.25) is 0 Å². The molecule has 0 saturated carbocycles. The van der Waals surface area contributed by atoms with Gasteiger partial charge in [-0.05, 0) is 84.3 Å². The van der Waals surface area contributed by atoms with E-state index in [0.29, 0.717) is 11.1 Å². The largest absolute Gasteiger partial charge is 0.465 e. The van der Waals surface area contributed by atoms with Gasteiger partial charge in [0.15, 0.2) is 10.8 Å². The topological polar surface area (TPSA) is 105 Å². The van der Waals surface area contributed by atoms with Crippen molar-refractivity contribution >= 4 is 45.4 Å². The second-order valence-electron chi connectivity index (χ2n) is 11.6. The molecule has 8 heteroatoms. The molecular formula is C38H40O8. The minimum Gasteiger partial charge on any atom is -0.465 e. The van der Waals surface area contributed by atoms with Gasteiger partial charge in [-0.3, -0.25) is 19.2 Å². The fourth-order valence-corrected chi connectivity index (χ4v) is 6.71. The third-order valence-electron chi connectivity index (χ3n) is 8.81. The fraction of sp³-hybridized carbons (Fsp3) is 0.368. The van der Waals surface area contributed by atoms with E-state index in [9.17, 15) is 19.2 Å². The van der Waals surface area contributed by atoms with Gasteiger partial charge in [0, 0.05) is 12.8 Å². The molecule has 0 aromatic heterocycles. The van der Waals surface area contributed by atoms with Gasteiger partial charge in [-0.1, -0.05) is 72.8 Å². The number of esters is 4. The molecule has 4 aliphatic rings. The van der Waals surface area contributed by atoms with Gasteiger partial charge < -0.3 is 18.9 Å². The molecule has 0 aliphatic heterocycles. The Labute approximate surface area is 269 Å². The molecule has 8 nitrogen and oxygen atoms in total. The lowest BCUT2D eigenvalue weighted by molar-refractivity contribution is -0.173. The van der Waals surface area contributed by atoms with Gasteiger partial charge >= 0.3 is 23.9 Å². The first-order valence-electron chi connectivity index (χ1n) is 15.9. The first kappa shape index (κ1) is 32.7. The maximum absolute atomic E-state index is 14.0. The minimum absolute atomic E-state index is 0.00855. The van der Waals surface area contributed by atoms with Crippen molar-refractivity contribution < 1.29 is 38.1 Å². The highest BCUT2D eigenvalue weighted by Gasteiger charge is 2.52. The third kappa shape index (κ3) is 5.84. The van der Waals surface area contributed by atoms with E-state index in [1.807, 2.05) is 72.8 Å². The molecule has 0 heterocycles. The van der Waals surface area contributed by atoms with Gasteiger partial charge in [-0.25, -0.2) is 0 Å². The average Bonchev–Trinajstić information content (AvgIpc) is 3.06. The maximum Gasteiger partial charge on any atom is 0.324 e. The summed E-state index contributed by atoms with van der Waals surface area (Å²) in [5, 5.41) is 3.17. The Bertz CT molecular complexity index is 1550. The molecule has 240 valence electrons. The van der Waals surface area contributed by atoms with Gasteiger partial charge in [-0.15, -0.1) is 0 Å². The number of benzene rings is 4. The molecule has 0 spiro atoms. The van der Waals surface area contributed by atoms with Crippen LogP contribution in [0.3, 0.4) is 0 Å². The Kier molecular flexibility index (Phi) is 9.75. The third-order valence-corrected chi connectivity index (χ3v) is 8.81. The van der Waals surface area contributed by atoms with Gasteiger partial charge in [0.05, 0.1) is 26.4 Å². The van der Waals surface area contributed by atoms with Crippen LogP contribution in [0.15, 0.2) is 72.8 Å². The van der Waals surface area contributed by atoms with E-state index in [1.165, 1.54) is 0 Å². The summed E-state index contributed by atoms with van der Waals surface area (Å²) in [4.78, 5) is 56.0. The van der Waals surface area contributed by atoms with Crippen molar-refractivity contribution in [3.05, 3.63) is 95.1 Å². The van der Waals surface area contributed by atoms with Crippen LogP contribution >= 0.6 is 0 Å². The second kappa shape index (κ2) is 13.7. The van der Waals surface area contributed by atoms with E-state index < -0.39 is 34.7 Å². The van der Waals surface area contributed by atoms with Crippen LogP contribution in [0.25, 0.3) is 21.5 Å². The Morgan fingerprint density at radius 2 is 0.717 bits per heavy atom. The molecule has 0 fully saturated rings. The molecule has 4 aromatic carbocycles. The Hall–Kier alpha value is -4.72. The van der Waals surface area contributed by atoms with E-state index in [2.05, 4.69) is 0 Å². The number of ether oxygens (including phenoxy) is 4. The van der Waals surface area contributed by atoms with Crippen molar-refractivity contribution in [3.8, 4) is 0 Å². The lowest BCUT2D eigenvalue weighted by Crippen LogP contribution is -2.46. The fourth-order valence-electron chi connectivity index (χ4n) is 6.71. The summed E-state index contributed by atoms with van der Waals surface area (Å²) < 4.78 is 22.4. The summed E-state index contributed by atoms with van der Waals surface area (Å²) in [5.74, 6) is -2.59. The number of carbonyl (C=O) groups excluding carboxylic acids is 4. The lowest BCUT2D eigenvalue weighted by atomic mass is 9.71. The van der Waals surface area contributed by atoms with Gasteiger partial charge in [0.2, 0.25) is 0 Å². The Morgan fingerprint density at radius 3 is 0.957 bits per heavy atom. The Morgan fingerprint density at radius 1 is 0.457 bits per heavy atom. The molecule has 0 saturated heterocycles. The molecule has 4 aliphatic carbocycles. The predicted molar refractivity (Wildman–Crippen MR) is 174 cm³/mol. The summed E-state index contributed by atoms with van der Waals surface area (Å²) in [7, 11) is 0. The van der Waals surface area contributed by atoms with E-state index in [-0.39, 0.29) is 52.1 Å². The van der Waals surface area contributed by atoms with Crippen molar-refractivity contribution in [2.75, 3.05) is 26.4 Å². The number of hydrogen-bond donors (Lipinski definition) is 0. The van der Waals surface area contributed by atoms with Crippen molar-refractivity contribution in [1.29, 1.82) is 0 Å². The molecule has 0 unspecified atom stereocenters. The molecule has 0 radical (unpaired) electrons. The van der Waals surface area contributed by atoms with Crippen molar-refractivity contribution in [1.82, 2.24) is 0 Å². The van der Waals surface area contributed by atoms with Gasteiger partial charge in [0.1, 0.15) is 0 Å². The molecule has 4 aromatic rings. The zero-order valence-electron chi connectivity index (χ0n) is 26.9. The molecule has 0 amide bonds. The monoisotopic (exact) mass is 624 g/mol. The summed E-state index contributed by atoms with van der Waals surface area (Å²) in [6.45, 7) is 7.26. The summed E-state index contributed by atoms with van der Waals surface area (Å²) in [5.41, 5.74) is -0.422. The standard InChI is InChI=1S/C38H40O8/c1-5-43-33(39)37(34(40)44-6-2)21-25-17-19-26(20-18-25)22-38(35(41)45-7-3,36(42)46-8-4)24-32-29-15-11-9-13-27(29)31(23-37)28-14-10-12-16-30(28)32/h9-20H,5-8,21-24H2,1-4H3. The number of carbonyl (C=O) groups is 4. The van der Waals surface area contributed by atoms with Crippen molar-refractivity contribution in [3.63, 3.8) is 0 Å². The molecular weight excluding hydrogens is 584 g/mol. The smallest absolute Gasteiger partial charge is 0.324 e. The molecule has 0 atom stereocenters. The average molecular weight is 625 g/mol. The van der Waals surface area contributed by atoms with E-state index in [4.69, 9.17) is 18.9 Å². The van der Waals surface area contributed by atoms with Crippen LogP contribution in [0.1, 0.15) is 49.9 Å². The van der Waals surface area contributed by atoms with Crippen molar-refractivity contribution in [2.24, 2.45) is 10.8 Å². The SMILES string of the molecule is CCOC(=O)C1(C(=O)OCC)Cc2ccc(cc2)CC(C(=O)OCC)(C(=O)OCC)Cc2c3ccccc3c(c3ccccc23)C1. The normalized spacial score (nSPS) is 15.2. The second-order valence-corrected chi connectivity index (χ2v) is 11.6. The van der Waals surface area contributed by atoms with Crippen LogP contribution in [0.5, 0.6) is 0 Å². The predicted octanol–water partition coefficient (Wildman–Crippen LogP) is 6.10. The molecule has 46 heavy (non-hydrogen) atoms. The zero-order chi connectivity index (χ0) is 32.9. The van der Waals surface area contributed by atoms with Gasteiger partial charge in [0.25, 0.3) is 0 Å². The van der Waals surface area contributed by atoms with E-state index in [0.717, 1.165) is 32.7 Å². The van der Waals surface area contributed by atoms with E-state index in [1.54, 1.807) is 27.7 Å². The molecule has 4 bridgehead atoms. The van der Waals surface area contributed by atoms with Gasteiger partial charge in [-0.2, -0.15) is 0 Å². The van der Waals surface area contributed by atoms with Crippen LogP contribution in [-0.2, 0) is 63.8 Å². The molecule has 0 N–H and O–H groups in total. The van der Waals surface area contributed by atoms with E-state index >= 15 is 0 Å². The lowest BCUT2D eigenvalue weighted by Gasteiger charge is -2.33. The highest BCUT2D eigenvalue weighted by atomic mass is 16.6. The molecule has 8 rings (SSSR count). The first-order valence-corrected chi connectivity index (χ1v) is 15.9. The highest BCUT2D eigenvalue weighted by molar-refractivity contribution is 6.09. The highest BCUT2D eigenvalue weighted by Crippen LogP contribution is 2.43. The Balaban J connectivity index is 1.91. The van der Waals surface area contributed by atoms with Crippen LogP contribution < -0.4 is 0 Å². The van der Waals surface area contributed by atoms with Crippen molar-refractivity contribution in [2.45, 2.75) is 53.4 Å². The summed E-state index contributed by atoms with van der Waals surface area (Å²) in [6, 6.07) is 22.6. The number of rotatable bonds is 8. The first-order chi connectivity index (χ1) is 22.2. The number of hydrogen-bond acceptors (Lipinski definition) is 8. The van der Waals surface area contributed by atoms with Crippen LogP contribution in [0.4, 0.5) is 0 Å². The van der Waals surface area contributed by atoms with Crippen LogP contribution in [0, 0.1) is 10.8 Å². The zero-order valence-corrected chi connectivity index (χ0v) is 26.9.